The molecule has 152 valence electrons. The number of hydrogen-bond acceptors (Lipinski definition) is 6. The summed E-state index contributed by atoms with van der Waals surface area (Å²) >= 11 is 0. The van der Waals surface area contributed by atoms with Gasteiger partial charge >= 0.3 is 0 Å². The van der Waals surface area contributed by atoms with Crippen LogP contribution in [-0.4, -0.2) is 57.0 Å². The van der Waals surface area contributed by atoms with Gasteiger partial charge in [-0.25, -0.2) is 0 Å². The summed E-state index contributed by atoms with van der Waals surface area (Å²) in [6.07, 6.45) is -0.546. The van der Waals surface area contributed by atoms with E-state index >= 15 is 0 Å². The molecule has 3 rings (SSSR count). The molecule has 0 radical (unpaired) electrons. The molecular formula is C20H32N2O5. The van der Waals surface area contributed by atoms with E-state index in [0.29, 0.717) is 31.1 Å². The number of aliphatic hydroxyl groups is 2. The Hall–Kier alpha value is -1.47. The Balaban J connectivity index is 1.91. The van der Waals surface area contributed by atoms with Gasteiger partial charge in [-0.1, -0.05) is 19.0 Å². The molecular weight excluding hydrogens is 348 g/mol. The van der Waals surface area contributed by atoms with E-state index in [9.17, 15) is 19.8 Å². The molecule has 27 heavy (non-hydrogen) atoms. The van der Waals surface area contributed by atoms with E-state index in [-0.39, 0.29) is 24.2 Å². The van der Waals surface area contributed by atoms with Gasteiger partial charge < -0.3 is 15.1 Å². The maximum Gasteiger partial charge on any atom is 0.233 e. The van der Waals surface area contributed by atoms with Gasteiger partial charge in [0.2, 0.25) is 11.8 Å². The van der Waals surface area contributed by atoms with Crippen LogP contribution >= 0.6 is 0 Å². The summed E-state index contributed by atoms with van der Waals surface area (Å²) in [5.74, 6) is -1.73. The van der Waals surface area contributed by atoms with Crippen LogP contribution in [0.25, 0.3) is 0 Å². The highest BCUT2D eigenvalue weighted by molar-refractivity contribution is 6.06. The molecule has 2 N–H and O–H groups in total. The van der Waals surface area contributed by atoms with Gasteiger partial charge in [0.15, 0.2) is 0 Å². The van der Waals surface area contributed by atoms with Crippen molar-refractivity contribution in [2.45, 2.75) is 71.6 Å². The first-order valence-corrected chi connectivity index (χ1v) is 9.96. The molecule has 3 fully saturated rings. The smallest absolute Gasteiger partial charge is 0.233 e. The molecule has 0 unspecified atom stereocenters. The third kappa shape index (κ3) is 3.51. The lowest BCUT2D eigenvalue weighted by Gasteiger charge is -2.45. The quantitative estimate of drug-likeness (QED) is 0.572. The fourth-order valence-electron chi connectivity index (χ4n) is 4.90. The number of hydrogen-bond donors (Lipinski definition) is 2. The summed E-state index contributed by atoms with van der Waals surface area (Å²) in [6, 6.07) is 0. The number of oxime groups is 1. The van der Waals surface area contributed by atoms with Gasteiger partial charge in [0.25, 0.3) is 0 Å². The highest BCUT2D eigenvalue weighted by Crippen LogP contribution is 2.50. The fraction of sp³-hybridized carbons (Fsp3) is 0.850. The average molecular weight is 380 g/mol. The van der Waals surface area contributed by atoms with E-state index in [1.807, 2.05) is 34.6 Å². The first kappa shape index (κ1) is 20.3. The third-order valence-corrected chi connectivity index (χ3v) is 6.04. The van der Waals surface area contributed by atoms with Crippen LogP contribution in [0.4, 0.5) is 0 Å². The third-order valence-electron chi connectivity index (χ3n) is 6.04. The van der Waals surface area contributed by atoms with Gasteiger partial charge in [-0.05, 0) is 39.5 Å². The molecule has 1 aliphatic heterocycles. The Morgan fingerprint density at radius 1 is 1.15 bits per heavy atom. The molecule has 2 aliphatic carbocycles. The second-order valence-electron chi connectivity index (χ2n) is 9.61. The highest BCUT2D eigenvalue weighted by atomic mass is 16.6. The van der Waals surface area contributed by atoms with E-state index in [2.05, 4.69) is 5.16 Å². The van der Waals surface area contributed by atoms with Gasteiger partial charge in [-0.2, -0.15) is 0 Å². The van der Waals surface area contributed by atoms with Crippen molar-refractivity contribution in [1.82, 2.24) is 4.90 Å². The molecule has 0 bridgehead atoms. The standard InChI is InChI=1S/C20H32N2O5/c1-10(2)9-27-21-13-8-14(23)17(24)15-11(13)6-7-12-16(15)19(26)22(18(12)25)20(3,4)5/h10-12,14-17,23-24H,6-9H2,1-5H3/b21-13-/t11-,12+,14-,15+,16-,17-/m1/s1. The SMILES string of the molecule is CC(C)CO/N=C1/C[C@@H](O)[C@@H](O)[C@@H]2[C@@H]3C(=O)N(C(C)(C)C)C(=O)[C@H]3CC[C@H]12. The molecule has 1 heterocycles. The molecule has 7 nitrogen and oxygen atoms in total. The Morgan fingerprint density at radius 3 is 2.37 bits per heavy atom. The van der Waals surface area contributed by atoms with Crippen LogP contribution in [0.3, 0.4) is 0 Å². The van der Waals surface area contributed by atoms with Gasteiger partial charge in [0.1, 0.15) is 6.61 Å². The maximum atomic E-state index is 13.2. The van der Waals surface area contributed by atoms with Crippen LogP contribution in [0.1, 0.15) is 53.9 Å². The Morgan fingerprint density at radius 2 is 1.78 bits per heavy atom. The van der Waals surface area contributed by atoms with Crippen molar-refractivity contribution in [2.24, 2.45) is 34.7 Å². The summed E-state index contributed by atoms with van der Waals surface area (Å²) in [5.41, 5.74) is 0.0997. The number of carbonyl (C=O) groups excluding carboxylic acids is 2. The number of amides is 2. The molecule has 3 aliphatic rings. The Kier molecular flexibility index (Phi) is 5.38. The van der Waals surface area contributed by atoms with Crippen molar-refractivity contribution in [2.75, 3.05) is 6.61 Å². The number of rotatable bonds is 3. The number of carbonyl (C=O) groups is 2. The molecule has 1 saturated heterocycles. The summed E-state index contributed by atoms with van der Waals surface area (Å²) in [5, 5.41) is 25.4. The normalized spacial score (nSPS) is 38.4. The lowest BCUT2D eigenvalue weighted by atomic mass is 9.60. The predicted molar refractivity (Wildman–Crippen MR) is 99.7 cm³/mol. The first-order chi connectivity index (χ1) is 12.5. The minimum Gasteiger partial charge on any atom is -0.396 e. The maximum absolute atomic E-state index is 13.2. The summed E-state index contributed by atoms with van der Waals surface area (Å²) < 4.78 is 0. The van der Waals surface area contributed by atoms with Crippen LogP contribution in [0.15, 0.2) is 5.16 Å². The van der Waals surface area contributed by atoms with E-state index in [0.717, 1.165) is 0 Å². The van der Waals surface area contributed by atoms with Crippen molar-refractivity contribution in [3.05, 3.63) is 0 Å². The van der Waals surface area contributed by atoms with Crippen LogP contribution in [-0.2, 0) is 14.4 Å². The zero-order valence-electron chi connectivity index (χ0n) is 16.9. The van der Waals surface area contributed by atoms with Crippen LogP contribution in [0, 0.1) is 29.6 Å². The highest BCUT2D eigenvalue weighted by Gasteiger charge is 2.61. The van der Waals surface area contributed by atoms with Gasteiger partial charge in [-0.3, -0.25) is 14.5 Å². The minimum atomic E-state index is -1.04. The van der Waals surface area contributed by atoms with Crippen molar-refractivity contribution in [3.63, 3.8) is 0 Å². The summed E-state index contributed by atoms with van der Waals surface area (Å²) in [6.45, 7) is 10.1. The van der Waals surface area contributed by atoms with E-state index < -0.39 is 35.5 Å². The minimum absolute atomic E-state index is 0.145. The zero-order valence-corrected chi connectivity index (χ0v) is 16.9. The molecule has 7 heteroatoms. The van der Waals surface area contributed by atoms with Gasteiger partial charge in [-0.15, -0.1) is 0 Å². The summed E-state index contributed by atoms with van der Waals surface area (Å²) in [7, 11) is 0. The Bertz CT molecular complexity index is 639. The monoisotopic (exact) mass is 380 g/mol. The fourth-order valence-corrected chi connectivity index (χ4v) is 4.90. The van der Waals surface area contributed by atoms with Gasteiger partial charge in [0, 0.05) is 23.8 Å². The van der Waals surface area contributed by atoms with Crippen LogP contribution in [0.2, 0.25) is 0 Å². The molecule has 0 aromatic carbocycles. The number of nitrogens with zero attached hydrogens (tertiary/aromatic N) is 2. The molecule has 6 atom stereocenters. The zero-order chi connectivity index (χ0) is 20.1. The molecule has 0 spiro atoms. The van der Waals surface area contributed by atoms with Crippen molar-refractivity contribution in [3.8, 4) is 0 Å². The Labute approximate surface area is 160 Å². The van der Waals surface area contributed by atoms with Crippen LogP contribution in [0.5, 0.6) is 0 Å². The number of imide groups is 1. The molecule has 2 amide bonds. The second-order valence-corrected chi connectivity index (χ2v) is 9.61. The second kappa shape index (κ2) is 7.17. The lowest BCUT2D eigenvalue weighted by molar-refractivity contribution is -0.146. The lowest BCUT2D eigenvalue weighted by Crippen LogP contribution is -2.55. The molecule has 2 saturated carbocycles. The van der Waals surface area contributed by atoms with Crippen molar-refractivity contribution >= 4 is 17.5 Å². The number of fused-ring (bicyclic) bond motifs is 3. The predicted octanol–water partition coefficient (Wildman–Crippen LogP) is 1.57. The van der Waals surface area contributed by atoms with E-state index in [1.165, 1.54) is 4.90 Å². The topological polar surface area (TPSA) is 99.4 Å². The van der Waals surface area contributed by atoms with Gasteiger partial charge in [0.05, 0.1) is 29.8 Å². The van der Waals surface area contributed by atoms with Crippen molar-refractivity contribution in [1.29, 1.82) is 0 Å². The number of likely N-dealkylation sites (tertiary alicyclic amines) is 1. The summed E-state index contributed by atoms with van der Waals surface area (Å²) in [4.78, 5) is 32.8. The molecule has 0 aromatic rings. The largest absolute Gasteiger partial charge is 0.396 e. The van der Waals surface area contributed by atoms with E-state index in [4.69, 9.17) is 4.84 Å². The number of aliphatic hydroxyl groups excluding tert-OH is 2. The molecule has 0 aromatic heterocycles. The van der Waals surface area contributed by atoms with Crippen molar-refractivity contribution < 1.29 is 24.6 Å². The van der Waals surface area contributed by atoms with E-state index in [1.54, 1.807) is 0 Å². The van der Waals surface area contributed by atoms with Crippen LogP contribution < -0.4 is 0 Å². The average Bonchev–Trinajstić information content (AvgIpc) is 2.82. The first-order valence-electron chi connectivity index (χ1n) is 9.96.